The second-order valence-electron chi connectivity index (χ2n) is 4.15. The summed E-state index contributed by atoms with van der Waals surface area (Å²) >= 11 is 0. The summed E-state index contributed by atoms with van der Waals surface area (Å²) in [6, 6.07) is 4.53. The zero-order chi connectivity index (χ0) is 12.0. The first-order valence-corrected chi connectivity index (χ1v) is 5.73. The molecule has 0 amide bonds. The van der Waals surface area contributed by atoms with Crippen molar-refractivity contribution in [3.8, 4) is 0 Å². The smallest absolute Gasteiger partial charge is 0.127 e. The van der Waals surface area contributed by atoms with Gasteiger partial charge in [0.05, 0.1) is 0 Å². The van der Waals surface area contributed by atoms with Gasteiger partial charge in [0.25, 0.3) is 0 Å². The van der Waals surface area contributed by atoms with E-state index in [-0.39, 0.29) is 0 Å². The number of likely N-dealkylation sites (N-methyl/N-ethyl adjacent to an activating group) is 1. The standard InChI is InChI=1S/C12H22N4/c1-5-13-12-8-11(6-7-14-12)15-9-10(2)16(3)4/h6-8,10H,5,9H2,1-4H3,(H2,13,14,15). The van der Waals surface area contributed by atoms with Crippen molar-refractivity contribution < 1.29 is 0 Å². The second-order valence-corrected chi connectivity index (χ2v) is 4.15. The lowest BCUT2D eigenvalue weighted by atomic mass is 10.3. The van der Waals surface area contributed by atoms with Crippen LogP contribution in [0.5, 0.6) is 0 Å². The average Bonchev–Trinajstić information content (AvgIpc) is 2.26. The van der Waals surface area contributed by atoms with Gasteiger partial charge in [-0.25, -0.2) is 4.98 Å². The average molecular weight is 222 g/mol. The Labute approximate surface area is 98.1 Å². The van der Waals surface area contributed by atoms with Crippen molar-refractivity contribution in [1.29, 1.82) is 0 Å². The predicted molar refractivity (Wildman–Crippen MR) is 70.0 cm³/mol. The molecule has 1 heterocycles. The molecule has 0 saturated heterocycles. The minimum absolute atomic E-state index is 0.510. The highest BCUT2D eigenvalue weighted by Gasteiger charge is 2.03. The maximum atomic E-state index is 4.23. The third-order valence-corrected chi connectivity index (χ3v) is 2.60. The summed E-state index contributed by atoms with van der Waals surface area (Å²) in [6.07, 6.45) is 1.82. The minimum Gasteiger partial charge on any atom is -0.383 e. The molecule has 1 rings (SSSR count). The molecule has 0 aliphatic heterocycles. The van der Waals surface area contributed by atoms with Crippen LogP contribution in [0.3, 0.4) is 0 Å². The van der Waals surface area contributed by atoms with Crippen molar-refractivity contribution >= 4 is 11.5 Å². The van der Waals surface area contributed by atoms with E-state index in [2.05, 4.69) is 48.5 Å². The number of nitrogens with zero attached hydrogens (tertiary/aromatic N) is 2. The molecule has 16 heavy (non-hydrogen) atoms. The molecule has 1 aromatic heterocycles. The Morgan fingerprint density at radius 1 is 1.38 bits per heavy atom. The quantitative estimate of drug-likeness (QED) is 0.771. The molecule has 0 fully saturated rings. The summed E-state index contributed by atoms with van der Waals surface area (Å²) < 4.78 is 0. The molecule has 0 aliphatic rings. The lowest BCUT2D eigenvalue weighted by molar-refractivity contribution is 0.326. The topological polar surface area (TPSA) is 40.2 Å². The molecule has 4 nitrogen and oxygen atoms in total. The van der Waals surface area contributed by atoms with Gasteiger partial charge in [0.2, 0.25) is 0 Å². The van der Waals surface area contributed by atoms with E-state index in [4.69, 9.17) is 0 Å². The second kappa shape index (κ2) is 6.33. The predicted octanol–water partition coefficient (Wildman–Crippen LogP) is 1.88. The highest BCUT2D eigenvalue weighted by atomic mass is 15.1. The highest BCUT2D eigenvalue weighted by Crippen LogP contribution is 2.11. The van der Waals surface area contributed by atoms with Crippen LogP contribution < -0.4 is 10.6 Å². The zero-order valence-electron chi connectivity index (χ0n) is 10.6. The minimum atomic E-state index is 0.510. The van der Waals surface area contributed by atoms with Crippen molar-refractivity contribution in [1.82, 2.24) is 9.88 Å². The molecule has 0 saturated carbocycles. The Morgan fingerprint density at radius 2 is 2.12 bits per heavy atom. The molecule has 0 aromatic carbocycles. The van der Waals surface area contributed by atoms with E-state index in [0.29, 0.717) is 6.04 Å². The largest absolute Gasteiger partial charge is 0.383 e. The molecule has 0 aliphatic carbocycles. The fraction of sp³-hybridized carbons (Fsp3) is 0.583. The lowest BCUT2D eigenvalue weighted by Crippen LogP contribution is -2.31. The Hall–Kier alpha value is -1.29. The van der Waals surface area contributed by atoms with Crippen molar-refractivity contribution in [2.45, 2.75) is 19.9 Å². The first-order valence-electron chi connectivity index (χ1n) is 5.73. The first kappa shape index (κ1) is 12.8. The Balaban J connectivity index is 2.50. The molecule has 1 atom stereocenters. The van der Waals surface area contributed by atoms with Crippen LogP contribution in [-0.2, 0) is 0 Å². The summed E-state index contributed by atoms with van der Waals surface area (Å²) in [7, 11) is 4.17. The number of rotatable bonds is 6. The van der Waals surface area contributed by atoms with Gasteiger partial charge in [-0.15, -0.1) is 0 Å². The van der Waals surface area contributed by atoms with Gasteiger partial charge in [0, 0.05) is 37.1 Å². The normalized spacial score (nSPS) is 12.6. The van der Waals surface area contributed by atoms with Gasteiger partial charge in [0.15, 0.2) is 0 Å². The van der Waals surface area contributed by atoms with Gasteiger partial charge in [-0.3, -0.25) is 0 Å². The number of hydrogen-bond acceptors (Lipinski definition) is 4. The van der Waals surface area contributed by atoms with Crippen LogP contribution in [0.25, 0.3) is 0 Å². The van der Waals surface area contributed by atoms with Gasteiger partial charge in [-0.2, -0.15) is 0 Å². The summed E-state index contributed by atoms with van der Waals surface area (Å²) in [6.45, 7) is 6.09. The third-order valence-electron chi connectivity index (χ3n) is 2.60. The number of aromatic nitrogens is 1. The molecule has 0 spiro atoms. The number of hydrogen-bond donors (Lipinski definition) is 2. The van der Waals surface area contributed by atoms with E-state index < -0.39 is 0 Å². The van der Waals surface area contributed by atoms with Crippen LogP contribution in [0.4, 0.5) is 11.5 Å². The SMILES string of the molecule is CCNc1cc(NCC(C)N(C)C)ccn1. The number of anilines is 2. The van der Waals surface area contributed by atoms with Crippen molar-refractivity contribution in [3.05, 3.63) is 18.3 Å². The van der Waals surface area contributed by atoms with E-state index in [9.17, 15) is 0 Å². The van der Waals surface area contributed by atoms with E-state index in [0.717, 1.165) is 24.6 Å². The van der Waals surface area contributed by atoms with Crippen LogP contribution in [0.1, 0.15) is 13.8 Å². The van der Waals surface area contributed by atoms with E-state index in [1.807, 2.05) is 18.3 Å². The van der Waals surface area contributed by atoms with Gasteiger partial charge < -0.3 is 15.5 Å². The van der Waals surface area contributed by atoms with Crippen molar-refractivity contribution in [3.63, 3.8) is 0 Å². The summed E-state index contributed by atoms with van der Waals surface area (Å²) in [5, 5.41) is 6.60. The number of nitrogens with one attached hydrogen (secondary N) is 2. The Morgan fingerprint density at radius 3 is 2.75 bits per heavy atom. The van der Waals surface area contributed by atoms with E-state index in [1.54, 1.807) is 0 Å². The van der Waals surface area contributed by atoms with Crippen molar-refractivity contribution in [2.75, 3.05) is 37.8 Å². The van der Waals surface area contributed by atoms with Crippen LogP contribution in [0, 0.1) is 0 Å². The molecule has 2 N–H and O–H groups in total. The Kier molecular flexibility index (Phi) is 5.05. The van der Waals surface area contributed by atoms with Gasteiger partial charge in [-0.05, 0) is 34.0 Å². The van der Waals surface area contributed by atoms with E-state index in [1.165, 1.54) is 0 Å². The maximum absolute atomic E-state index is 4.23. The summed E-state index contributed by atoms with van der Waals surface area (Å²) in [5.74, 6) is 0.921. The molecular formula is C12H22N4. The highest BCUT2D eigenvalue weighted by molar-refractivity contribution is 5.51. The van der Waals surface area contributed by atoms with Crippen LogP contribution >= 0.6 is 0 Å². The monoisotopic (exact) mass is 222 g/mol. The third kappa shape index (κ3) is 4.06. The molecule has 90 valence electrons. The van der Waals surface area contributed by atoms with Crippen LogP contribution in [0.2, 0.25) is 0 Å². The lowest BCUT2D eigenvalue weighted by Gasteiger charge is -2.20. The summed E-state index contributed by atoms with van der Waals surface area (Å²) in [5.41, 5.74) is 1.11. The van der Waals surface area contributed by atoms with Crippen LogP contribution in [0.15, 0.2) is 18.3 Å². The summed E-state index contributed by atoms with van der Waals surface area (Å²) in [4.78, 5) is 6.42. The fourth-order valence-electron chi connectivity index (χ4n) is 1.27. The molecule has 1 unspecified atom stereocenters. The molecule has 1 aromatic rings. The Bertz CT molecular complexity index is 312. The first-order chi connectivity index (χ1) is 7.63. The zero-order valence-corrected chi connectivity index (χ0v) is 10.6. The van der Waals surface area contributed by atoms with Crippen molar-refractivity contribution in [2.24, 2.45) is 0 Å². The number of pyridine rings is 1. The van der Waals surface area contributed by atoms with Gasteiger partial charge in [-0.1, -0.05) is 0 Å². The van der Waals surface area contributed by atoms with Gasteiger partial charge in [0.1, 0.15) is 5.82 Å². The fourth-order valence-corrected chi connectivity index (χ4v) is 1.27. The van der Waals surface area contributed by atoms with Gasteiger partial charge >= 0.3 is 0 Å². The van der Waals surface area contributed by atoms with Crippen LogP contribution in [-0.4, -0.2) is 43.1 Å². The molecule has 0 radical (unpaired) electrons. The van der Waals surface area contributed by atoms with E-state index >= 15 is 0 Å². The molecule has 4 heteroatoms. The molecular weight excluding hydrogens is 200 g/mol. The maximum Gasteiger partial charge on any atom is 0.127 e. The molecule has 0 bridgehead atoms.